The lowest BCUT2D eigenvalue weighted by atomic mass is 10.2. The zero-order valence-corrected chi connectivity index (χ0v) is 8.77. The van der Waals surface area contributed by atoms with Crippen molar-refractivity contribution in [2.45, 2.75) is 6.04 Å². The van der Waals surface area contributed by atoms with E-state index in [0.717, 1.165) is 0 Å². The fourth-order valence-electron chi connectivity index (χ4n) is 1.55. The van der Waals surface area contributed by atoms with E-state index >= 15 is 0 Å². The summed E-state index contributed by atoms with van der Waals surface area (Å²) in [5, 5.41) is 15.0. The van der Waals surface area contributed by atoms with Gasteiger partial charge in [-0.25, -0.2) is 0 Å². The van der Waals surface area contributed by atoms with E-state index in [4.69, 9.17) is 4.74 Å². The molecule has 0 bridgehead atoms. The van der Waals surface area contributed by atoms with Gasteiger partial charge in [0.05, 0.1) is 13.2 Å². The molecule has 5 nitrogen and oxygen atoms in total. The normalized spacial score (nSPS) is 20.4. The van der Waals surface area contributed by atoms with Crippen LogP contribution >= 0.6 is 0 Å². The number of ether oxygens (including phenoxy) is 1. The second-order valence-corrected chi connectivity index (χ2v) is 3.62. The number of nitrogens with one attached hydrogen (secondary N) is 2. The predicted octanol–water partition coefficient (Wildman–Crippen LogP) is 0.319. The molecule has 1 aromatic rings. The molecule has 0 radical (unpaired) electrons. The first kappa shape index (κ1) is 10.9. The lowest BCUT2D eigenvalue weighted by Gasteiger charge is -2.22. The van der Waals surface area contributed by atoms with Crippen LogP contribution in [0.5, 0.6) is 5.75 Å². The molecule has 0 saturated carbocycles. The molecule has 1 heterocycles. The van der Waals surface area contributed by atoms with Gasteiger partial charge in [0.25, 0.3) is 0 Å². The average Bonchev–Trinajstić information content (AvgIpc) is 2.30. The second kappa shape index (κ2) is 4.96. The van der Waals surface area contributed by atoms with E-state index in [2.05, 4.69) is 10.6 Å². The summed E-state index contributed by atoms with van der Waals surface area (Å²) in [7, 11) is 0. The number of hydrogen-bond donors (Lipinski definition) is 3. The topological polar surface area (TPSA) is 70.6 Å². The summed E-state index contributed by atoms with van der Waals surface area (Å²) in [4.78, 5) is 11.7. The van der Waals surface area contributed by atoms with Crippen LogP contribution in [-0.4, -0.2) is 36.8 Å². The van der Waals surface area contributed by atoms with Gasteiger partial charge in [-0.15, -0.1) is 0 Å². The van der Waals surface area contributed by atoms with Gasteiger partial charge in [0.2, 0.25) is 5.91 Å². The molecule has 1 aromatic carbocycles. The van der Waals surface area contributed by atoms with Crippen LogP contribution in [0.4, 0.5) is 5.69 Å². The summed E-state index contributed by atoms with van der Waals surface area (Å²) in [5.74, 6) is -0.0176. The molecule has 0 aromatic heterocycles. The minimum Gasteiger partial charge on any atom is -0.508 e. The quantitative estimate of drug-likeness (QED) is 0.674. The number of benzene rings is 1. The van der Waals surface area contributed by atoms with Crippen molar-refractivity contribution in [3.63, 3.8) is 0 Å². The molecule has 0 spiro atoms. The molecule has 5 heteroatoms. The molecule has 1 amide bonds. The molecule has 1 atom stereocenters. The average molecular weight is 222 g/mol. The van der Waals surface area contributed by atoms with E-state index in [0.29, 0.717) is 25.4 Å². The largest absolute Gasteiger partial charge is 0.508 e. The highest BCUT2D eigenvalue weighted by Gasteiger charge is 2.20. The highest BCUT2D eigenvalue weighted by Crippen LogP contribution is 2.15. The molecule has 16 heavy (non-hydrogen) atoms. The van der Waals surface area contributed by atoms with E-state index in [1.165, 1.54) is 6.07 Å². The standard InChI is InChI=1S/C11H14N2O3/c14-9-3-1-2-8(6-9)13-11(15)10-7-16-5-4-12-10/h1-3,6,10,12,14H,4-5,7H2,(H,13,15)/t10-/m0/s1. The third-order valence-electron chi connectivity index (χ3n) is 2.35. The fourth-order valence-corrected chi connectivity index (χ4v) is 1.55. The Balaban J connectivity index is 1.96. The lowest BCUT2D eigenvalue weighted by Crippen LogP contribution is -2.48. The fraction of sp³-hybridized carbons (Fsp3) is 0.364. The van der Waals surface area contributed by atoms with E-state index in [-0.39, 0.29) is 17.7 Å². The first-order valence-corrected chi connectivity index (χ1v) is 5.17. The number of anilines is 1. The summed E-state index contributed by atoms with van der Waals surface area (Å²) in [6, 6.07) is 6.13. The van der Waals surface area contributed by atoms with Crippen LogP contribution in [0.3, 0.4) is 0 Å². The van der Waals surface area contributed by atoms with Crippen LogP contribution in [0.25, 0.3) is 0 Å². The zero-order valence-electron chi connectivity index (χ0n) is 8.77. The number of hydrogen-bond acceptors (Lipinski definition) is 4. The Morgan fingerprint density at radius 1 is 1.56 bits per heavy atom. The Morgan fingerprint density at radius 2 is 2.44 bits per heavy atom. The molecule has 0 unspecified atom stereocenters. The number of carbonyl (C=O) groups excluding carboxylic acids is 1. The Hall–Kier alpha value is -1.59. The smallest absolute Gasteiger partial charge is 0.243 e. The van der Waals surface area contributed by atoms with Crippen LogP contribution in [0.15, 0.2) is 24.3 Å². The highest BCUT2D eigenvalue weighted by atomic mass is 16.5. The molecule has 86 valence electrons. The van der Waals surface area contributed by atoms with Gasteiger partial charge in [0, 0.05) is 18.3 Å². The molecule has 2 rings (SSSR count). The Labute approximate surface area is 93.4 Å². The highest BCUT2D eigenvalue weighted by molar-refractivity contribution is 5.95. The third kappa shape index (κ3) is 2.71. The van der Waals surface area contributed by atoms with Gasteiger partial charge in [0.15, 0.2) is 0 Å². The van der Waals surface area contributed by atoms with Crippen molar-refractivity contribution < 1.29 is 14.6 Å². The maximum Gasteiger partial charge on any atom is 0.243 e. The van der Waals surface area contributed by atoms with Crippen LogP contribution < -0.4 is 10.6 Å². The number of morpholine rings is 1. The number of rotatable bonds is 2. The van der Waals surface area contributed by atoms with E-state index in [9.17, 15) is 9.90 Å². The van der Waals surface area contributed by atoms with Crippen molar-refractivity contribution >= 4 is 11.6 Å². The van der Waals surface area contributed by atoms with Gasteiger partial charge in [-0.2, -0.15) is 0 Å². The molecular weight excluding hydrogens is 208 g/mol. The van der Waals surface area contributed by atoms with Crippen molar-refractivity contribution in [2.24, 2.45) is 0 Å². The monoisotopic (exact) mass is 222 g/mol. The maximum absolute atomic E-state index is 11.7. The number of amides is 1. The molecular formula is C11H14N2O3. The molecule has 1 aliphatic heterocycles. The summed E-state index contributed by atoms with van der Waals surface area (Å²) < 4.78 is 5.19. The Bertz CT molecular complexity index is 375. The minimum atomic E-state index is -0.323. The molecule has 3 N–H and O–H groups in total. The second-order valence-electron chi connectivity index (χ2n) is 3.62. The SMILES string of the molecule is O=C(Nc1cccc(O)c1)[C@@H]1COCCN1. The van der Waals surface area contributed by atoms with Gasteiger partial charge in [0.1, 0.15) is 11.8 Å². The number of carbonyl (C=O) groups is 1. The van der Waals surface area contributed by atoms with E-state index in [1.54, 1.807) is 18.2 Å². The minimum absolute atomic E-state index is 0.130. The number of phenolic OH excluding ortho intramolecular Hbond substituents is 1. The zero-order chi connectivity index (χ0) is 11.4. The maximum atomic E-state index is 11.7. The van der Waals surface area contributed by atoms with Crippen LogP contribution in [0, 0.1) is 0 Å². The van der Waals surface area contributed by atoms with Crippen molar-refractivity contribution in [3.8, 4) is 5.75 Å². The van der Waals surface area contributed by atoms with E-state index < -0.39 is 0 Å². The summed E-state index contributed by atoms with van der Waals surface area (Å²) in [6.45, 7) is 1.69. The third-order valence-corrected chi connectivity index (χ3v) is 2.35. The van der Waals surface area contributed by atoms with Gasteiger partial charge >= 0.3 is 0 Å². The van der Waals surface area contributed by atoms with Crippen molar-refractivity contribution in [3.05, 3.63) is 24.3 Å². The van der Waals surface area contributed by atoms with Gasteiger partial charge in [-0.3, -0.25) is 4.79 Å². The lowest BCUT2D eigenvalue weighted by molar-refractivity contribution is -0.120. The first-order chi connectivity index (χ1) is 7.75. The van der Waals surface area contributed by atoms with Crippen LogP contribution in [-0.2, 0) is 9.53 Å². The summed E-state index contributed by atoms with van der Waals surface area (Å²) >= 11 is 0. The van der Waals surface area contributed by atoms with Crippen molar-refractivity contribution in [1.29, 1.82) is 0 Å². The first-order valence-electron chi connectivity index (χ1n) is 5.17. The van der Waals surface area contributed by atoms with Crippen molar-refractivity contribution in [1.82, 2.24) is 5.32 Å². The molecule has 0 aliphatic carbocycles. The number of aromatic hydroxyl groups is 1. The van der Waals surface area contributed by atoms with E-state index in [1.807, 2.05) is 0 Å². The molecule has 1 saturated heterocycles. The predicted molar refractivity (Wildman–Crippen MR) is 59.3 cm³/mol. The Kier molecular flexibility index (Phi) is 3.38. The molecule has 1 aliphatic rings. The molecule has 1 fully saturated rings. The summed E-state index contributed by atoms with van der Waals surface area (Å²) in [5.41, 5.74) is 0.581. The van der Waals surface area contributed by atoms with Crippen LogP contribution in [0.1, 0.15) is 0 Å². The van der Waals surface area contributed by atoms with Gasteiger partial charge < -0.3 is 20.5 Å². The van der Waals surface area contributed by atoms with Crippen LogP contribution in [0.2, 0.25) is 0 Å². The summed E-state index contributed by atoms with van der Waals surface area (Å²) in [6.07, 6.45) is 0. The van der Waals surface area contributed by atoms with Gasteiger partial charge in [-0.1, -0.05) is 6.07 Å². The van der Waals surface area contributed by atoms with Gasteiger partial charge in [-0.05, 0) is 12.1 Å². The van der Waals surface area contributed by atoms with Crippen molar-refractivity contribution in [2.75, 3.05) is 25.1 Å². The Morgan fingerprint density at radius 3 is 3.12 bits per heavy atom. The number of phenols is 1.